The monoisotopic (exact) mass is 421 g/mol. The third-order valence-electron chi connectivity index (χ3n) is 5.41. The van der Waals surface area contributed by atoms with Crippen LogP contribution in [0.2, 0.25) is 0 Å². The van der Waals surface area contributed by atoms with Gasteiger partial charge in [0.2, 0.25) is 0 Å². The van der Waals surface area contributed by atoms with E-state index in [0.717, 1.165) is 25.2 Å². The first-order valence-electron chi connectivity index (χ1n) is 10.7. The summed E-state index contributed by atoms with van der Waals surface area (Å²) in [5, 5.41) is 15.2. The van der Waals surface area contributed by atoms with Crippen LogP contribution in [0.5, 0.6) is 0 Å². The number of carbonyl (C=O) groups excluding carboxylic acids is 1. The number of rotatable bonds is 8. The van der Waals surface area contributed by atoms with Crippen LogP contribution in [0, 0.1) is 0 Å². The van der Waals surface area contributed by atoms with Crippen molar-refractivity contribution >= 4 is 5.91 Å². The van der Waals surface area contributed by atoms with Gasteiger partial charge in [-0.05, 0) is 32.0 Å². The third kappa shape index (κ3) is 5.64. The Morgan fingerprint density at radius 1 is 0.968 bits per heavy atom. The Labute approximate surface area is 180 Å². The van der Waals surface area contributed by atoms with Crippen LogP contribution in [0.1, 0.15) is 29.8 Å². The molecule has 3 heterocycles. The average molecular weight is 422 g/mol. The highest BCUT2D eigenvalue weighted by molar-refractivity contribution is 5.91. The molecule has 0 unspecified atom stereocenters. The molecule has 1 fully saturated rings. The lowest BCUT2D eigenvalue weighted by molar-refractivity contribution is 0.0946. The normalized spacial score (nSPS) is 14.5. The van der Waals surface area contributed by atoms with E-state index in [4.69, 9.17) is 0 Å². The summed E-state index contributed by atoms with van der Waals surface area (Å²) >= 11 is 0. The van der Waals surface area contributed by atoms with E-state index in [1.165, 1.54) is 30.0 Å². The maximum atomic E-state index is 12.4. The summed E-state index contributed by atoms with van der Waals surface area (Å²) in [6, 6.07) is 12.8. The van der Waals surface area contributed by atoms with Crippen LogP contribution in [0.25, 0.3) is 11.3 Å². The van der Waals surface area contributed by atoms with Crippen molar-refractivity contribution in [2.75, 3.05) is 26.2 Å². The van der Waals surface area contributed by atoms with Crippen molar-refractivity contribution in [3.63, 3.8) is 0 Å². The summed E-state index contributed by atoms with van der Waals surface area (Å²) in [5.74, 6) is -0.309. The molecular weight excluding hydrogens is 394 g/mol. The van der Waals surface area contributed by atoms with E-state index in [-0.39, 0.29) is 30.2 Å². The molecule has 0 saturated carbocycles. The van der Waals surface area contributed by atoms with Gasteiger partial charge in [0.1, 0.15) is 0 Å². The SMILES string of the molecule is O=C(NCCn1nc(-c2ccccc2)ccc1=O)c1cn(CCN2CCCCC2)nn1. The van der Waals surface area contributed by atoms with Gasteiger partial charge in [-0.25, -0.2) is 4.68 Å². The van der Waals surface area contributed by atoms with Gasteiger partial charge in [-0.3, -0.25) is 14.3 Å². The van der Waals surface area contributed by atoms with E-state index in [0.29, 0.717) is 12.2 Å². The minimum Gasteiger partial charge on any atom is -0.349 e. The molecule has 2 aromatic heterocycles. The summed E-state index contributed by atoms with van der Waals surface area (Å²) in [4.78, 5) is 26.9. The Morgan fingerprint density at radius 2 is 1.77 bits per heavy atom. The van der Waals surface area contributed by atoms with Gasteiger partial charge in [0, 0.05) is 24.7 Å². The Balaban J connectivity index is 1.28. The summed E-state index contributed by atoms with van der Waals surface area (Å²) in [5.41, 5.74) is 1.71. The van der Waals surface area contributed by atoms with Crippen LogP contribution in [0.4, 0.5) is 0 Å². The fraction of sp³-hybridized carbons (Fsp3) is 0.409. The quantitative estimate of drug-likeness (QED) is 0.591. The lowest BCUT2D eigenvalue weighted by Gasteiger charge is -2.25. The second-order valence-corrected chi connectivity index (χ2v) is 7.67. The molecule has 1 N–H and O–H groups in total. The summed E-state index contributed by atoms with van der Waals surface area (Å²) in [7, 11) is 0. The highest BCUT2D eigenvalue weighted by atomic mass is 16.2. The van der Waals surface area contributed by atoms with E-state index in [2.05, 4.69) is 25.6 Å². The molecule has 4 rings (SSSR count). The Hall–Kier alpha value is -3.33. The number of piperidine rings is 1. The molecule has 1 saturated heterocycles. The molecule has 9 heteroatoms. The highest BCUT2D eigenvalue weighted by Gasteiger charge is 2.13. The van der Waals surface area contributed by atoms with E-state index < -0.39 is 0 Å². The van der Waals surface area contributed by atoms with Crippen LogP contribution in [0.3, 0.4) is 0 Å². The largest absolute Gasteiger partial charge is 0.349 e. The molecular formula is C22H27N7O2. The van der Waals surface area contributed by atoms with Crippen LogP contribution >= 0.6 is 0 Å². The lowest BCUT2D eigenvalue weighted by atomic mass is 10.1. The highest BCUT2D eigenvalue weighted by Crippen LogP contribution is 2.13. The minimum absolute atomic E-state index is 0.211. The number of nitrogens with zero attached hydrogens (tertiary/aromatic N) is 6. The maximum absolute atomic E-state index is 12.4. The molecule has 9 nitrogen and oxygen atoms in total. The van der Waals surface area contributed by atoms with E-state index >= 15 is 0 Å². The fourth-order valence-electron chi connectivity index (χ4n) is 3.68. The first-order chi connectivity index (χ1) is 15.2. The Kier molecular flexibility index (Phi) is 6.83. The number of amides is 1. The zero-order valence-electron chi connectivity index (χ0n) is 17.5. The molecule has 0 bridgehead atoms. The molecule has 162 valence electrons. The van der Waals surface area contributed by atoms with Gasteiger partial charge in [-0.1, -0.05) is 42.0 Å². The molecule has 1 aliphatic rings. The standard InChI is InChI=1S/C22H27N7O2/c30-21-10-9-19(18-7-3-1-4-8-18)25-29(21)14-11-23-22(31)20-17-28(26-24-20)16-15-27-12-5-2-6-13-27/h1,3-4,7-10,17H,2,5-6,11-16H2,(H,23,31). The molecule has 0 aliphatic carbocycles. The second kappa shape index (κ2) is 10.1. The van der Waals surface area contributed by atoms with E-state index in [1.54, 1.807) is 16.9 Å². The van der Waals surface area contributed by atoms with Crippen LogP contribution in [0.15, 0.2) is 53.5 Å². The van der Waals surface area contributed by atoms with Gasteiger partial charge in [0.25, 0.3) is 11.5 Å². The van der Waals surface area contributed by atoms with E-state index in [9.17, 15) is 9.59 Å². The number of nitrogens with one attached hydrogen (secondary N) is 1. The molecule has 0 spiro atoms. The zero-order chi connectivity index (χ0) is 21.5. The second-order valence-electron chi connectivity index (χ2n) is 7.67. The molecule has 0 atom stereocenters. The van der Waals surface area contributed by atoms with Crippen molar-refractivity contribution < 1.29 is 4.79 Å². The first kappa shape index (κ1) is 20.9. The Bertz CT molecular complexity index is 1050. The van der Waals surface area contributed by atoms with Crippen molar-refractivity contribution in [3.8, 4) is 11.3 Å². The summed E-state index contributed by atoms with van der Waals surface area (Å²) in [6.07, 6.45) is 5.47. The zero-order valence-corrected chi connectivity index (χ0v) is 17.5. The molecule has 1 aromatic carbocycles. The molecule has 1 aliphatic heterocycles. The topological polar surface area (TPSA) is 97.9 Å². The van der Waals surface area contributed by atoms with E-state index in [1.807, 2.05) is 30.3 Å². The van der Waals surface area contributed by atoms with Crippen molar-refractivity contribution in [1.29, 1.82) is 0 Å². The van der Waals surface area contributed by atoms with Gasteiger partial charge in [-0.2, -0.15) is 5.10 Å². The predicted octanol–water partition coefficient (Wildman–Crippen LogP) is 1.42. The number of hydrogen-bond donors (Lipinski definition) is 1. The molecule has 1 amide bonds. The van der Waals surface area contributed by atoms with Crippen LogP contribution in [-0.4, -0.2) is 61.8 Å². The molecule has 31 heavy (non-hydrogen) atoms. The molecule has 3 aromatic rings. The van der Waals surface area contributed by atoms with Crippen molar-refractivity contribution in [2.45, 2.75) is 32.4 Å². The summed E-state index contributed by atoms with van der Waals surface area (Å²) in [6.45, 7) is 4.42. The van der Waals surface area contributed by atoms with Crippen molar-refractivity contribution in [1.82, 2.24) is 35.0 Å². The van der Waals surface area contributed by atoms with Gasteiger partial charge in [0.15, 0.2) is 5.69 Å². The minimum atomic E-state index is -0.309. The third-order valence-corrected chi connectivity index (χ3v) is 5.41. The predicted molar refractivity (Wildman–Crippen MR) is 117 cm³/mol. The maximum Gasteiger partial charge on any atom is 0.273 e. The van der Waals surface area contributed by atoms with Gasteiger partial charge in [-0.15, -0.1) is 5.10 Å². The van der Waals surface area contributed by atoms with Crippen LogP contribution in [-0.2, 0) is 13.1 Å². The number of likely N-dealkylation sites (tertiary alicyclic amines) is 1. The molecule has 0 radical (unpaired) electrons. The van der Waals surface area contributed by atoms with Gasteiger partial charge in [0.05, 0.1) is 25.0 Å². The van der Waals surface area contributed by atoms with Crippen molar-refractivity contribution in [3.05, 3.63) is 64.7 Å². The smallest absolute Gasteiger partial charge is 0.273 e. The van der Waals surface area contributed by atoms with Gasteiger partial charge < -0.3 is 10.2 Å². The fourth-order valence-corrected chi connectivity index (χ4v) is 3.68. The van der Waals surface area contributed by atoms with Gasteiger partial charge >= 0.3 is 0 Å². The number of aromatic nitrogens is 5. The summed E-state index contributed by atoms with van der Waals surface area (Å²) < 4.78 is 3.07. The Morgan fingerprint density at radius 3 is 2.58 bits per heavy atom. The number of hydrogen-bond acceptors (Lipinski definition) is 6. The first-order valence-corrected chi connectivity index (χ1v) is 10.7. The lowest BCUT2D eigenvalue weighted by Crippen LogP contribution is -2.32. The average Bonchev–Trinajstić information content (AvgIpc) is 3.29. The van der Waals surface area contributed by atoms with Crippen molar-refractivity contribution in [2.24, 2.45) is 0 Å². The number of carbonyl (C=O) groups is 1. The van der Waals surface area contributed by atoms with Crippen LogP contribution < -0.4 is 10.9 Å². The number of benzene rings is 1.